The molecule has 0 saturated heterocycles. The van der Waals surface area contributed by atoms with Crippen molar-refractivity contribution >= 4 is 16.9 Å². The summed E-state index contributed by atoms with van der Waals surface area (Å²) in [6.45, 7) is 0.709. The molecule has 2 aromatic carbocycles. The van der Waals surface area contributed by atoms with Gasteiger partial charge in [-0.3, -0.25) is 4.79 Å². The van der Waals surface area contributed by atoms with Crippen LogP contribution >= 0.6 is 0 Å². The minimum absolute atomic E-state index is 0.320. The molecule has 0 bridgehead atoms. The van der Waals surface area contributed by atoms with Crippen LogP contribution in [0.15, 0.2) is 54.6 Å². The van der Waals surface area contributed by atoms with Gasteiger partial charge in [0.05, 0.1) is 12.8 Å². The Bertz CT molecular complexity index is 964. The first-order valence-corrected chi connectivity index (χ1v) is 9.24. The van der Waals surface area contributed by atoms with Gasteiger partial charge in [-0.25, -0.2) is 0 Å². The molecular weight excluding hydrogens is 340 g/mol. The molecular formula is C22H24N2O3. The normalized spacial score (nSPS) is 22.7. The second-order valence-corrected chi connectivity index (χ2v) is 7.03. The van der Waals surface area contributed by atoms with Crippen molar-refractivity contribution in [2.24, 2.45) is 13.0 Å². The molecule has 0 amide bonds. The van der Waals surface area contributed by atoms with Crippen LogP contribution in [0.4, 0.5) is 0 Å². The third kappa shape index (κ3) is 2.93. The summed E-state index contributed by atoms with van der Waals surface area (Å²) < 4.78 is 7.10. The largest absolute Gasteiger partial charge is 0.469 e. The van der Waals surface area contributed by atoms with Gasteiger partial charge in [0.25, 0.3) is 0 Å². The number of esters is 1. The number of aliphatic hydroxyl groups is 1. The minimum atomic E-state index is -0.970. The molecule has 1 aliphatic rings. The van der Waals surface area contributed by atoms with E-state index < -0.39 is 18.0 Å². The molecule has 4 rings (SSSR count). The fraction of sp³-hybridized carbons (Fsp3) is 0.318. The number of rotatable bonds is 2. The number of fused-ring (bicyclic) bond motifs is 3. The number of hydrogen-bond donors (Lipinski definition) is 2. The Morgan fingerprint density at radius 1 is 1.15 bits per heavy atom. The molecule has 0 spiro atoms. The monoisotopic (exact) mass is 364 g/mol. The quantitative estimate of drug-likeness (QED) is 0.687. The van der Waals surface area contributed by atoms with Gasteiger partial charge in [-0.05, 0) is 30.2 Å². The molecule has 0 aliphatic carbocycles. The Morgan fingerprint density at radius 2 is 1.85 bits per heavy atom. The summed E-state index contributed by atoms with van der Waals surface area (Å²) in [7, 11) is 3.32. The number of carbonyl (C=O) groups is 1. The van der Waals surface area contributed by atoms with Crippen molar-refractivity contribution in [1.82, 2.24) is 9.88 Å². The second-order valence-electron chi connectivity index (χ2n) is 7.03. The van der Waals surface area contributed by atoms with Crippen molar-refractivity contribution in [2.75, 3.05) is 13.7 Å². The molecule has 2 heterocycles. The highest BCUT2D eigenvalue weighted by atomic mass is 16.5. The molecule has 0 fully saturated rings. The van der Waals surface area contributed by atoms with Crippen molar-refractivity contribution in [3.63, 3.8) is 0 Å². The lowest BCUT2D eigenvalue weighted by atomic mass is 9.84. The highest BCUT2D eigenvalue weighted by molar-refractivity contribution is 5.86. The van der Waals surface area contributed by atoms with E-state index in [2.05, 4.69) is 11.4 Å². The van der Waals surface area contributed by atoms with Gasteiger partial charge in [-0.2, -0.15) is 0 Å². The molecule has 2 N–H and O–H groups in total. The predicted octanol–water partition coefficient (Wildman–Crippen LogP) is 2.89. The number of aromatic nitrogens is 1. The Kier molecular flexibility index (Phi) is 4.72. The van der Waals surface area contributed by atoms with Crippen LogP contribution < -0.4 is 5.32 Å². The van der Waals surface area contributed by atoms with Crippen molar-refractivity contribution in [3.05, 3.63) is 71.4 Å². The van der Waals surface area contributed by atoms with E-state index in [4.69, 9.17) is 4.74 Å². The van der Waals surface area contributed by atoms with Crippen molar-refractivity contribution < 1.29 is 14.6 Å². The number of carbonyl (C=O) groups excluding carboxylic acids is 1. The number of nitrogens with one attached hydrogen (secondary N) is 1. The van der Waals surface area contributed by atoms with E-state index >= 15 is 0 Å². The number of benzene rings is 2. The van der Waals surface area contributed by atoms with Crippen molar-refractivity contribution in [2.45, 2.75) is 18.6 Å². The maximum atomic E-state index is 12.7. The van der Waals surface area contributed by atoms with Crippen LogP contribution in [0.5, 0.6) is 0 Å². The van der Waals surface area contributed by atoms with Gasteiger partial charge in [-0.1, -0.05) is 48.5 Å². The lowest BCUT2D eigenvalue weighted by molar-refractivity contribution is -0.151. The first-order valence-electron chi connectivity index (χ1n) is 9.24. The van der Waals surface area contributed by atoms with E-state index in [1.807, 2.05) is 60.1 Å². The van der Waals surface area contributed by atoms with E-state index in [-0.39, 0.29) is 6.04 Å². The molecule has 0 saturated carbocycles. The molecule has 140 valence electrons. The molecule has 5 heteroatoms. The summed E-state index contributed by atoms with van der Waals surface area (Å²) in [4.78, 5) is 12.7. The number of aliphatic hydroxyl groups excluding tert-OH is 1. The van der Waals surface area contributed by atoms with E-state index in [1.54, 1.807) is 0 Å². The number of nitrogens with zero attached hydrogens (tertiary/aromatic N) is 1. The highest BCUT2D eigenvalue weighted by Crippen LogP contribution is 2.40. The number of ether oxygens (including phenoxy) is 1. The summed E-state index contributed by atoms with van der Waals surface area (Å²) in [6.07, 6.45) is -0.187. The Balaban J connectivity index is 1.89. The second kappa shape index (κ2) is 7.18. The summed E-state index contributed by atoms with van der Waals surface area (Å²) in [6, 6.07) is 17.6. The minimum Gasteiger partial charge on any atom is -0.469 e. The Hall–Kier alpha value is -2.63. The molecule has 1 aromatic heterocycles. The lowest BCUT2D eigenvalue weighted by Crippen LogP contribution is -2.40. The summed E-state index contributed by atoms with van der Waals surface area (Å²) >= 11 is 0. The zero-order valence-electron chi connectivity index (χ0n) is 15.6. The predicted molar refractivity (Wildman–Crippen MR) is 104 cm³/mol. The Labute approximate surface area is 158 Å². The SMILES string of the molecule is COC(=O)[C@@H]1[C@H](O)c2c(c3ccccc3n2C)CCN[C@@H]1c1ccccc1. The van der Waals surface area contributed by atoms with E-state index in [0.29, 0.717) is 6.54 Å². The fourth-order valence-corrected chi connectivity index (χ4v) is 4.35. The zero-order chi connectivity index (χ0) is 19.0. The highest BCUT2D eigenvalue weighted by Gasteiger charge is 2.41. The maximum absolute atomic E-state index is 12.7. The van der Waals surface area contributed by atoms with Gasteiger partial charge in [0.2, 0.25) is 0 Å². The number of para-hydroxylation sites is 1. The van der Waals surface area contributed by atoms with Gasteiger partial charge in [-0.15, -0.1) is 0 Å². The van der Waals surface area contributed by atoms with E-state index in [1.165, 1.54) is 7.11 Å². The first kappa shape index (κ1) is 17.8. The molecule has 27 heavy (non-hydrogen) atoms. The molecule has 1 aliphatic heterocycles. The van der Waals surface area contributed by atoms with Crippen LogP contribution in [0.25, 0.3) is 10.9 Å². The smallest absolute Gasteiger partial charge is 0.313 e. The van der Waals surface area contributed by atoms with Crippen molar-refractivity contribution in [3.8, 4) is 0 Å². The average molecular weight is 364 g/mol. The van der Waals surface area contributed by atoms with Crippen LogP contribution in [-0.4, -0.2) is 29.3 Å². The molecule has 3 aromatic rings. The summed E-state index contributed by atoms with van der Waals surface area (Å²) in [5.41, 5.74) is 3.92. The summed E-state index contributed by atoms with van der Waals surface area (Å²) in [5.74, 6) is -1.15. The standard InChI is InChI=1S/C22H24N2O3/c1-24-17-11-7-6-10-15(17)16-12-13-23-19(14-8-4-3-5-9-14)18(22(26)27-2)21(25)20(16)24/h3-11,18-19,21,23,25H,12-13H2,1-2H3/t18-,19+,21-/m0/s1. The lowest BCUT2D eigenvalue weighted by Gasteiger charge is -2.33. The van der Waals surface area contributed by atoms with E-state index in [9.17, 15) is 9.90 Å². The topological polar surface area (TPSA) is 63.5 Å². The zero-order valence-corrected chi connectivity index (χ0v) is 15.6. The third-order valence-electron chi connectivity index (χ3n) is 5.61. The maximum Gasteiger partial charge on any atom is 0.313 e. The van der Waals surface area contributed by atoms with Gasteiger partial charge in [0.15, 0.2) is 0 Å². The fourth-order valence-electron chi connectivity index (χ4n) is 4.35. The molecule has 5 nitrogen and oxygen atoms in total. The molecule has 0 unspecified atom stereocenters. The van der Waals surface area contributed by atoms with Crippen LogP contribution in [0.3, 0.4) is 0 Å². The average Bonchev–Trinajstić information content (AvgIpc) is 2.97. The van der Waals surface area contributed by atoms with Crippen LogP contribution in [-0.2, 0) is 23.0 Å². The van der Waals surface area contributed by atoms with Crippen LogP contribution in [0, 0.1) is 5.92 Å². The number of hydrogen-bond acceptors (Lipinski definition) is 4. The van der Waals surface area contributed by atoms with E-state index in [0.717, 1.165) is 34.1 Å². The number of aryl methyl sites for hydroxylation is 1. The van der Waals surface area contributed by atoms with Gasteiger partial charge in [0, 0.05) is 24.0 Å². The molecule has 3 atom stereocenters. The molecule has 0 radical (unpaired) electrons. The Morgan fingerprint density at radius 3 is 2.59 bits per heavy atom. The first-order chi connectivity index (χ1) is 13.1. The third-order valence-corrected chi connectivity index (χ3v) is 5.61. The van der Waals surface area contributed by atoms with Crippen LogP contribution in [0.1, 0.15) is 29.0 Å². The van der Waals surface area contributed by atoms with Gasteiger partial charge >= 0.3 is 5.97 Å². The number of methoxy groups -OCH3 is 1. The summed E-state index contributed by atoms with van der Waals surface area (Å²) in [5, 5.41) is 16.0. The van der Waals surface area contributed by atoms with Crippen LogP contribution in [0.2, 0.25) is 0 Å². The van der Waals surface area contributed by atoms with Gasteiger partial charge < -0.3 is 19.7 Å². The van der Waals surface area contributed by atoms with Gasteiger partial charge in [0.1, 0.15) is 12.0 Å². The van der Waals surface area contributed by atoms with Crippen molar-refractivity contribution in [1.29, 1.82) is 0 Å².